The number of amides is 1. The zero-order valence-electron chi connectivity index (χ0n) is 20.8. The van der Waals surface area contributed by atoms with Crippen molar-refractivity contribution >= 4 is 16.8 Å². The van der Waals surface area contributed by atoms with E-state index in [1.807, 2.05) is 48.2 Å². The predicted molar refractivity (Wildman–Crippen MR) is 141 cm³/mol. The fourth-order valence-electron chi connectivity index (χ4n) is 5.28. The Bertz CT molecular complexity index is 1460. The largest absolute Gasteiger partial charge is 0.333 e. The van der Waals surface area contributed by atoms with Gasteiger partial charge in [0.2, 0.25) is 0 Å². The van der Waals surface area contributed by atoms with Crippen LogP contribution in [0.5, 0.6) is 0 Å². The van der Waals surface area contributed by atoms with Crippen molar-refractivity contribution in [3.63, 3.8) is 0 Å². The molecule has 1 amide bonds. The standard InChI is InChI=1S/C30H31N3O2/c1-19-7-9-24(10-8-19)26-25-6-5-12-31-27(25)29(34)33-13-11-20(2)17-32(30(35)28(26)33)18-23-15-21(3)14-22(4)16-23/h5-10,12,14-16,20H,11,13,17-18H2,1-4H3/t20-/m1/s1. The lowest BCUT2D eigenvalue weighted by atomic mass is 9.95. The molecule has 0 radical (unpaired) electrons. The first-order chi connectivity index (χ1) is 16.8. The van der Waals surface area contributed by atoms with Crippen molar-refractivity contribution in [1.29, 1.82) is 0 Å². The Morgan fingerprint density at radius 3 is 2.37 bits per heavy atom. The number of hydrogen-bond acceptors (Lipinski definition) is 3. The fraction of sp³-hybridized carbons (Fsp3) is 0.300. The molecule has 5 heteroatoms. The Kier molecular flexibility index (Phi) is 6.01. The van der Waals surface area contributed by atoms with Crippen LogP contribution in [-0.2, 0) is 13.1 Å². The molecule has 178 valence electrons. The van der Waals surface area contributed by atoms with E-state index in [1.54, 1.807) is 10.8 Å². The summed E-state index contributed by atoms with van der Waals surface area (Å²) < 4.78 is 1.68. The summed E-state index contributed by atoms with van der Waals surface area (Å²) in [6, 6.07) is 18.3. The number of carbonyl (C=O) groups is 1. The van der Waals surface area contributed by atoms with E-state index in [-0.39, 0.29) is 17.4 Å². The quantitative estimate of drug-likeness (QED) is 0.392. The lowest BCUT2D eigenvalue weighted by Gasteiger charge is -2.32. The Morgan fingerprint density at radius 1 is 0.943 bits per heavy atom. The van der Waals surface area contributed by atoms with E-state index in [4.69, 9.17) is 0 Å². The summed E-state index contributed by atoms with van der Waals surface area (Å²) in [7, 11) is 0. The fourth-order valence-corrected chi connectivity index (χ4v) is 5.28. The first-order valence-electron chi connectivity index (χ1n) is 12.3. The summed E-state index contributed by atoms with van der Waals surface area (Å²) >= 11 is 0. The normalized spacial score (nSPS) is 16.2. The van der Waals surface area contributed by atoms with E-state index in [9.17, 15) is 9.59 Å². The number of carbonyl (C=O) groups excluding carboxylic acids is 1. The summed E-state index contributed by atoms with van der Waals surface area (Å²) in [5.41, 5.74) is 7.01. The topological polar surface area (TPSA) is 55.2 Å². The van der Waals surface area contributed by atoms with Gasteiger partial charge < -0.3 is 9.47 Å². The van der Waals surface area contributed by atoms with Crippen LogP contribution in [0.2, 0.25) is 0 Å². The molecule has 0 unspecified atom stereocenters. The second-order valence-electron chi connectivity index (χ2n) is 10.0. The Morgan fingerprint density at radius 2 is 1.66 bits per heavy atom. The maximum absolute atomic E-state index is 14.3. The van der Waals surface area contributed by atoms with E-state index < -0.39 is 0 Å². The molecule has 0 N–H and O–H groups in total. The van der Waals surface area contributed by atoms with Crippen molar-refractivity contribution in [3.8, 4) is 11.1 Å². The van der Waals surface area contributed by atoms with Gasteiger partial charge in [-0.1, -0.05) is 72.1 Å². The van der Waals surface area contributed by atoms with Crippen LogP contribution < -0.4 is 5.56 Å². The van der Waals surface area contributed by atoms with Gasteiger partial charge in [-0.15, -0.1) is 0 Å². The lowest BCUT2D eigenvalue weighted by Crippen LogP contribution is -2.41. The Balaban J connectivity index is 1.75. The van der Waals surface area contributed by atoms with E-state index in [0.717, 1.165) is 34.1 Å². The van der Waals surface area contributed by atoms with Gasteiger partial charge in [0.15, 0.2) is 0 Å². The third-order valence-electron chi connectivity index (χ3n) is 6.89. The molecule has 0 bridgehead atoms. The summed E-state index contributed by atoms with van der Waals surface area (Å²) in [5, 5.41) is 0.723. The molecule has 0 saturated heterocycles. The van der Waals surface area contributed by atoms with Gasteiger partial charge in [0, 0.05) is 36.8 Å². The molecule has 1 atom stereocenters. The Hall–Kier alpha value is -3.73. The molecular formula is C30H31N3O2. The van der Waals surface area contributed by atoms with Crippen LogP contribution in [0, 0.1) is 26.7 Å². The minimum absolute atomic E-state index is 0.103. The average Bonchev–Trinajstić information content (AvgIpc) is 2.82. The molecular weight excluding hydrogens is 434 g/mol. The number of benzene rings is 2. The van der Waals surface area contributed by atoms with Gasteiger partial charge in [-0.05, 0) is 50.3 Å². The summed E-state index contributed by atoms with van der Waals surface area (Å²) in [6.07, 6.45) is 2.46. The van der Waals surface area contributed by atoms with E-state index in [1.165, 1.54) is 11.1 Å². The van der Waals surface area contributed by atoms with Crippen molar-refractivity contribution in [3.05, 3.63) is 99.1 Å². The van der Waals surface area contributed by atoms with Gasteiger partial charge in [-0.3, -0.25) is 14.6 Å². The molecule has 4 aromatic rings. The number of hydrogen-bond donors (Lipinski definition) is 0. The zero-order valence-corrected chi connectivity index (χ0v) is 20.8. The maximum Gasteiger partial charge on any atom is 0.277 e. The molecule has 0 saturated carbocycles. The second-order valence-corrected chi connectivity index (χ2v) is 10.0. The van der Waals surface area contributed by atoms with Gasteiger partial charge in [0.25, 0.3) is 11.5 Å². The second kappa shape index (κ2) is 9.14. The molecule has 0 fully saturated rings. The molecule has 1 aliphatic heterocycles. The molecule has 35 heavy (non-hydrogen) atoms. The minimum Gasteiger partial charge on any atom is -0.333 e. The minimum atomic E-state index is -0.194. The molecule has 2 aromatic carbocycles. The number of fused-ring (bicyclic) bond motifs is 2. The Labute approximate surface area is 206 Å². The van der Waals surface area contributed by atoms with Gasteiger partial charge in [-0.25, -0.2) is 0 Å². The number of nitrogens with zero attached hydrogens (tertiary/aromatic N) is 3. The van der Waals surface area contributed by atoms with Crippen LogP contribution in [0.15, 0.2) is 65.6 Å². The third kappa shape index (κ3) is 4.39. The average molecular weight is 466 g/mol. The molecule has 1 aliphatic rings. The summed E-state index contributed by atoms with van der Waals surface area (Å²) in [4.78, 5) is 34.3. The van der Waals surface area contributed by atoms with E-state index in [0.29, 0.717) is 30.8 Å². The number of aryl methyl sites for hydroxylation is 3. The highest BCUT2D eigenvalue weighted by atomic mass is 16.2. The molecule has 5 nitrogen and oxygen atoms in total. The van der Waals surface area contributed by atoms with E-state index in [2.05, 4.69) is 44.0 Å². The first-order valence-corrected chi connectivity index (χ1v) is 12.3. The van der Waals surface area contributed by atoms with Crippen LogP contribution in [0.3, 0.4) is 0 Å². The van der Waals surface area contributed by atoms with Crippen LogP contribution in [0.25, 0.3) is 22.0 Å². The highest BCUT2D eigenvalue weighted by Gasteiger charge is 2.30. The third-order valence-corrected chi connectivity index (χ3v) is 6.89. The van der Waals surface area contributed by atoms with Gasteiger partial charge in [0.05, 0.1) is 0 Å². The lowest BCUT2D eigenvalue weighted by molar-refractivity contribution is 0.0687. The van der Waals surface area contributed by atoms with Gasteiger partial charge in [-0.2, -0.15) is 0 Å². The molecule has 0 spiro atoms. The highest BCUT2D eigenvalue weighted by molar-refractivity contribution is 6.07. The summed E-state index contributed by atoms with van der Waals surface area (Å²) in [5.74, 6) is 0.168. The number of pyridine rings is 2. The maximum atomic E-state index is 14.3. The molecule has 2 aromatic heterocycles. The van der Waals surface area contributed by atoms with Crippen molar-refractivity contribution in [2.45, 2.75) is 47.2 Å². The van der Waals surface area contributed by atoms with Crippen molar-refractivity contribution < 1.29 is 4.79 Å². The SMILES string of the molecule is Cc1ccc(-c2c3n(c(=O)c4ncccc24)CC[C@@H](C)CN(Cc2cc(C)cc(C)c2)C3=O)cc1. The number of rotatable bonds is 3. The van der Waals surface area contributed by atoms with Crippen LogP contribution in [0.4, 0.5) is 0 Å². The van der Waals surface area contributed by atoms with Crippen molar-refractivity contribution in [2.75, 3.05) is 6.54 Å². The van der Waals surface area contributed by atoms with Crippen LogP contribution >= 0.6 is 0 Å². The predicted octanol–water partition coefficient (Wildman–Crippen LogP) is 5.67. The molecule has 5 rings (SSSR count). The highest BCUT2D eigenvalue weighted by Crippen LogP contribution is 2.33. The molecule has 0 aliphatic carbocycles. The van der Waals surface area contributed by atoms with Crippen LogP contribution in [-0.4, -0.2) is 26.9 Å². The molecule has 3 heterocycles. The van der Waals surface area contributed by atoms with Crippen LogP contribution in [0.1, 0.15) is 46.1 Å². The van der Waals surface area contributed by atoms with Crippen molar-refractivity contribution in [1.82, 2.24) is 14.5 Å². The number of aromatic nitrogens is 2. The summed E-state index contributed by atoms with van der Waals surface area (Å²) in [6.45, 7) is 10.0. The van der Waals surface area contributed by atoms with E-state index >= 15 is 0 Å². The monoisotopic (exact) mass is 465 g/mol. The smallest absolute Gasteiger partial charge is 0.277 e. The zero-order chi connectivity index (χ0) is 24.7. The first kappa shape index (κ1) is 23.0. The van der Waals surface area contributed by atoms with Crippen molar-refractivity contribution in [2.24, 2.45) is 5.92 Å². The van der Waals surface area contributed by atoms with Gasteiger partial charge >= 0.3 is 0 Å². The van der Waals surface area contributed by atoms with Gasteiger partial charge in [0.1, 0.15) is 11.2 Å².